The van der Waals surface area contributed by atoms with E-state index < -0.39 is 0 Å². The van der Waals surface area contributed by atoms with Crippen molar-refractivity contribution in [2.75, 3.05) is 6.61 Å². The molecule has 0 radical (unpaired) electrons. The van der Waals surface area contributed by atoms with Crippen LogP contribution in [0.4, 0.5) is 0 Å². The molecule has 4 atom stereocenters. The molecular formula is C15H14ClNO. The number of rotatable bonds is 1. The fraction of sp³-hybridized carbons (Fsp3) is 0.400. The van der Waals surface area contributed by atoms with Gasteiger partial charge in [0.05, 0.1) is 12.6 Å². The second-order valence-electron chi connectivity index (χ2n) is 5.35. The minimum atomic E-state index is 0.430. The lowest BCUT2D eigenvalue weighted by atomic mass is 9.89. The number of benzene rings is 1. The van der Waals surface area contributed by atoms with Crippen LogP contribution in [-0.4, -0.2) is 18.5 Å². The Hall–Kier alpha value is -1.28. The molecule has 1 fully saturated rings. The Balaban J connectivity index is 1.67. The normalized spacial score (nSPS) is 36.2. The Kier molecular flexibility index (Phi) is 2.28. The largest absolute Gasteiger partial charge is 0.477 e. The quantitative estimate of drug-likeness (QED) is 0.709. The summed E-state index contributed by atoms with van der Waals surface area (Å²) in [5.41, 5.74) is 1.03. The standard InChI is InChI=1S/C15H14ClNO/c16-12-5-3-9(4-6-12)15-17-14-11-2-1-10(7-11)13(14)8-18-15/h1-6,10-11,13-14H,7-8H2/t10-,11+,13+,14-/m0/s1. The van der Waals surface area contributed by atoms with E-state index in [2.05, 4.69) is 12.2 Å². The molecule has 4 rings (SSSR count). The molecule has 1 aromatic rings. The zero-order valence-corrected chi connectivity index (χ0v) is 10.7. The zero-order chi connectivity index (χ0) is 12.1. The molecule has 1 heterocycles. The average Bonchev–Trinajstić information content (AvgIpc) is 3.01. The molecule has 1 aliphatic heterocycles. The molecule has 2 nitrogen and oxygen atoms in total. The van der Waals surface area contributed by atoms with Crippen LogP contribution in [0.2, 0.25) is 5.02 Å². The Labute approximate surface area is 111 Å². The first-order valence-corrected chi connectivity index (χ1v) is 6.84. The molecule has 2 bridgehead atoms. The lowest BCUT2D eigenvalue weighted by molar-refractivity contribution is 0.178. The molecule has 3 aliphatic rings. The number of halogens is 1. The molecule has 0 saturated heterocycles. The van der Waals surface area contributed by atoms with Crippen LogP contribution >= 0.6 is 11.6 Å². The zero-order valence-electron chi connectivity index (χ0n) is 9.92. The van der Waals surface area contributed by atoms with Gasteiger partial charge in [0.2, 0.25) is 5.90 Å². The van der Waals surface area contributed by atoms with Gasteiger partial charge in [-0.3, -0.25) is 0 Å². The SMILES string of the molecule is Clc1ccc(C2=N[C@@H]3[C@H](CO2)[C@H]2C=C[C@@H]3C2)cc1. The van der Waals surface area contributed by atoms with Gasteiger partial charge in [-0.2, -0.15) is 0 Å². The van der Waals surface area contributed by atoms with Gasteiger partial charge in [0.1, 0.15) is 0 Å². The molecule has 92 valence electrons. The first kappa shape index (κ1) is 10.6. The Morgan fingerprint density at radius 1 is 1.11 bits per heavy atom. The third-order valence-corrected chi connectivity index (χ3v) is 4.60. The topological polar surface area (TPSA) is 21.6 Å². The highest BCUT2D eigenvalue weighted by Crippen LogP contribution is 2.47. The molecule has 0 N–H and O–H groups in total. The summed E-state index contributed by atoms with van der Waals surface area (Å²) in [6.45, 7) is 0.803. The monoisotopic (exact) mass is 259 g/mol. The molecule has 0 spiro atoms. The van der Waals surface area contributed by atoms with Crippen molar-refractivity contribution < 1.29 is 4.74 Å². The number of ether oxygens (including phenoxy) is 1. The van der Waals surface area contributed by atoms with Crippen LogP contribution in [0, 0.1) is 17.8 Å². The first-order valence-electron chi connectivity index (χ1n) is 6.46. The van der Waals surface area contributed by atoms with Crippen molar-refractivity contribution in [3.63, 3.8) is 0 Å². The van der Waals surface area contributed by atoms with Gasteiger partial charge in [0.15, 0.2) is 0 Å². The molecule has 3 heteroatoms. The molecule has 0 unspecified atom stereocenters. The maximum Gasteiger partial charge on any atom is 0.216 e. The van der Waals surface area contributed by atoms with Gasteiger partial charge in [-0.05, 0) is 36.6 Å². The minimum Gasteiger partial charge on any atom is -0.477 e. The van der Waals surface area contributed by atoms with Crippen LogP contribution in [0.5, 0.6) is 0 Å². The van der Waals surface area contributed by atoms with E-state index in [0.29, 0.717) is 23.8 Å². The van der Waals surface area contributed by atoms with Crippen molar-refractivity contribution in [1.29, 1.82) is 0 Å². The number of aliphatic imine (C=N–C) groups is 1. The fourth-order valence-electron chi connectivity index (χ4n) is 3.41. The fourth-order valence-corrected chi connectivity index (χ4v) is 3.54. The second kappa shape index (κ2) is 3.86. The maximum absolute atomic E-state index is 5.90. The molecule has 0 amide bonds. The van der Waals surface area contributed by atoms with Gasteiger partial charge in [-0.1, -0.05) is 23.8 Å². The van der Waals surface area contributed by atoms with E-state index in [1.807, 2.05) is 24.3 Å². The predicted molar refractivity (Wildman–Crippen MR) is 72.0 cm³/mol. The van der Waals surface area contributed by atoms with E-state index in [-0.39, 0.29) is 0 Å². The van der Waals surface area contributed by atoms with Gasteiger partial charge < -0.3 is 4.74 Å². The van der Waals surface area contributed by atoms with Crippen molar-refractivity contribution >= 4 is 17.5 Å². The maximum atomic E-state index is 5.90. The molecule has 0 aromatic heterocycles. The van der Waals surface area contributed by atoms with Crippen molar-refractivity contribution in [2.24, 2.45) is 22.7 Å². The lowest BCUT2D eigenvalue weighted by Gasteiger charge is -2.30. The Morgan fingerprint density at radius 2 is 1.89 bits per heavy atom. The van der Waals surface area contributed by atoms with Crippen LogP contribution in [0.1, 0.15) is 12.0 Å². The number of hydrogen-bond acceptors (Lipinski definition) is 2. The second-order valence-corrected chi connectivity index (χ2v) is 5.79. The van der Waals surface area contributed by atoms with Crippen LogP contribution in [0.25, 0.3) is 0 Å². The third kappa shape index (κ3) is 1.52. The van der Waals surface area contributed by atoms with Gasteiger partial charge in [0, 0.05) is 22.4 Å². The smallest absolute Gasteiger partial charge is 0.216 e. The summed E-state index contributed by atoms with van der Waals surface area (Å²) >= 11 is 5.90. The highest BCUT2D eigenvalue weighted by molar-refractivity contribution is 6.30. The summed E-state index contributed by atoms with van der Waals surface area (Å²) in [7, 11) is 0. The van der Waals surface area contributed by atoms with E-state index in [4.69, 9.17) is 21.3 Å². The Bertz CT molecular complexity index is 534. The van der Waals surface area contributed by atoms with Crippen LogP contribution in [0.15, 0.2) is 41.4 Å². The molecule has 1 aromatic carbocycles. The number of allylic oxidation sites excluding steroid dienone is 1. The van der Waals surface area contributed by atoms with Crippen LogP contribution in [-0.2, 0) is 4.74 Å². The summed E-state index contributed by atoms with van der Waals surface area (Å²) in [5.74, 6) is 2.70. The molecule has 18 heavy (non-hydrogen) atoms. The highest BCUT2D eigenvalue weighted by atomic mass is 35.5. The van der Waals surface area contributed by atoms with Crippen LogP contribution < -0.4 is 0 Å². The van der Waals surface area contributed by atoms with Gasteiger partial charge in [0.25, 0.3) is 0 Å². The summed E-state index contributed by atoms with van der Waals surface area (Å²) in [6, 6.07) is 8.15. The third-order valence-electron chi connectivity index (χ3n) is 4.35. The first-order chi connectivity index (χ1) is 8.81. The van der Waals surface area contributed by atoms with Crippen molar-refractivity contribution in [3.05, 3.63) is 47.0 Å². The summed E-state index contributed by atoms with van der Waals surface area (Å²) in [5, 5.41) is 0.746. The highest BCUT2D eigenvalue weighted by Gasteiger charge is 2.46. The van der Waals surface area contributed by atoms with E-state index in [9.17, 15) is 0 Å². The number of hydrogen-bond donors (Lipinski definition) is 0. The van der Waals surface area contributed by atoms with E-state index in [0.717, 1.165) is 23.1 Å². The summed E-state index contributed by atoms with van der Waals surface area (Å²) in [6.07, 6.45) is 5.94. The van der Waals surface area contributed by atoms with Crippen molar-refractivity contribution in [2.45, 2.75) is 12.5 Å². The van der Waals surface area contributed by atoms with Gasteiger partial charge in [-0.25, -0.2) is 4.99 Å². The molecule has 1 saturated carbocycles. The summed E-state index contributed by atoms with van der Waals surface area (Å²) < 4.78 is 5.84. The number of fused-ring (bicyclic) bond motifs is 5. The summed E-state index contributed by atoms with van der Waals surface area (Å²) in [4.78, 5) is 4.83. The Morgan fingerprint density at radius 3 is 2.72 bits per heavy atom. The molecular weight excluding hydrogens is 246 g/mol. The van der Waals surface area contributed by atoms with E-state index in [1.165, 1.54) is 6.42 Å². The van der Waals surface area contributed by atoms with Gasteiger partial charge in [-0.15, -0.1) is 0 Å². The number of nitrogens with zero attached hydrogens (tertiary/aromatic N) is 1. The van der Waals surface area contributed by atoms with Crippen LogP contribution in [0.3, 0.4) is 0 Å². The molecule has 2 aliphatic carbocycles. The lowest BCUT2D eigenvalue weighted by Crippen LogP contribution is -2.34. The van der Waals surface area contributed by atoms with Gasteiger partial charge >= 0.3 is 0 Å². The minimum absolute atomic E-state index is 0.430. The van der Waals surface area contributed by atoms with E-state index >= 15 is 0 Å². The van der Waals surface area contributed by atoms with Crippen molar-refractivity contribution in [1.82, 2.24) is 0 Å². The predicted octanol–water partition coefficient (Wildman–Crippen LogP) is 3.31. The van der Waals surface area contributed by atoms with E-state index in [1.54, 1.807) is 0 Å². The average molecular weight is 260 g/mol. The van der Waals surface area contributed by atoms with Crippen molar-refractivity contribution in [3.8, 4) is 0 Å².